The number of alkyl halides is 2. The summed E-state index contributed by atoms with van der Waals surface area (Å²) in [7, 11) is 1.37. The summed E-state index contributed by atoms with van der Waals surface area (Å²) in [5.41, 5.74) is 0.701. The van der Waals surface area contributed by atoms with Crippen LogP contribution in [0, 0.1) is 5.92 Å². The van der Waals surface area contributed by atoms with Crippen molar-refractivity contribution >= 4 is 11.9 Å². The number of ketones is 1. The number of carbonyl (C=O) groups excluding carboxylic acids is 1. The van der Waals surface area contributed by atoms with Gasteiger partial charge in [-0.3, -0.25) is 4.79 Å². The van der Waals surface area contributed by atoms with Gasteiger partial charge in [-0.15, -0.1) is 0 Å². The SMILES string of the molecule is COc1cc(/C=C/C(=O)C2CC2)ccc1OC(F)F. The number of hydrogen-bond donors (Lipinski definition) is 0. The van der Waals surface area contributed by atoms with E-state index in [0.717, 1.165) is 12.8 Å². The molecule has 2 rings (SSSR count). The highest BCUT2D eigenvalue weighted by Gasteiger charge is 2.27. The quantitative estimate of drug-likeness (QED) is 0.743. The molecule has 102 valence electrons. The average molecular weight is 268 g/mol. The van der Waals surface area contributed by atoms with Crippen LogP contribution >= 0.6 is 0 Å². The largest absolute Gasteiger partial charge is 0.493 e. The molecule has 0 N–H and O–H groups in total. The van der Waals surface area contributed by atoms with E-state index in [1.54, 1.807) is 18.2 Å². The van der Waals surface area contributed by atoms with E-state index in [2.05, 4.69) is 4.74 Å². The maximum absolute atomic E-state index is 12.2. The Labute approximate surface area is 109 Å². The number of ether oxygens (including phenoxy) is 2. The molecule has 1 aromatic rings. The first-order valence-corrected chi connectivity index (χ1v) is 5.95. The van der Waals surface area contributed by atoms with Crippen molar-refractivity contribution in [3.63, 3.8) is 0 Å². The highest BCUT2D eigenvalue weighted by atomic mass is 19.3. The molecule has 0 heterocycles. The second-order valence-corrected chi connectivity index (χ2v) is 4.30. The molecule has 0 atom stereocenters. The summed E-state index contributed by atoms with van der Waals surface area (Å²) in [5.74, 6) is 0.455. The van der Waals surface area contributed by atoms with Crippen LogP contribution in [0.2, 0.25) is 0 Å². The first kappa shape index (κ1) is 13.5. The van der Waals surface area contributed by atoms with Crippen molar-refractivity contribution in [3.05, 3.63) is 29.8 Å². The Morgan fingerprint density at radius 2 is 2.11 bits per heavy atom. The fourth-order valence-corrected chi connectivity index (χ4v) is 1.66. The smallest absolute Gasteiger partial charge is 0.387 e. The number of benzene rings is 1. The van der Waals surface area contributed by atoms with Crippen molar-refractivity contribution in [2.45, 2.75) is 19.5 Å². The second kappa shape index (κ2) is 5.82. The van der Waals surface area contributed by atoms with Crippen LogP contribution < -0.4 is 9.47 Å². The summed E-state index contributed by atoms with van der Waals surface area (Å²) in [5, 5.41) is 0. The minimum absolute atomic E-state index is 0.0248. The van der Waals surface area contributed by atoms with Crippen LogP contribution in [-0.4, -0.2) is 19.5 Å². The van der Waals surface area contributed by atoms with E-state index in [1.165, 1.54) is 19.3 Å². The van der Waals surface area contributed by atoms with Crippen LogP contribution in [-0.2, 0) is 4.79 Å². The molecule has 0 unspecified atom stereocenters. The molecule has 0 spiro atoms. The van der Waals surface area contributed by atoms with E-state index in [9.17, 15) is 13.6 Å². The van der Waals surface area contributed by atoms with Crippen LogP contribution in [0.25, 0.3) is 6.08 Å². The first-order valence-electron chi connectivity index (χ1n) is 5.95. The molecule has 1 fully saturated rings. The average Bonchev–Trinajstić information content (AvgIpc) is 3.20. The molecule has 19 heavy (non-hydrogen) atoms. The lowest BCUT2D eigenvalue weighted by Crippen LogP contribution is -2.03. The number of halogens is 2. The van der Waals surface area contributed by atoms with Crippen LogP contribution in [0.15, 0.2) is 24.3 Å². The topological polar surface area (TPSA) is 35.5 Å². The van der Waals surface area contributed by atoms with Gasteiger partial charge in [0.2, 0.25) is 0 Å². The summed E-state index contributed by atoms with van der Waals surface area (Å²) in [4.78, 5) is 11.5. The van der Waals surface area contributed by atoms with Gasteiger partial charge in [0.1, 0.15) is 0 Å². The van der Waals surface area contributed by atoms with Crippen molar-refractivity contribution in [3.8, 4) is 11.5 Å². The zero-order valence-corrected chi connectivity index (χ0v) is 10.4. The Bertz CT molecular complexity index is 493. The van der Waals surface area contributed by atoms with Crippen LogP contribution in [0.4, 0.5) is 8.78 Å². The van der Waals surface area contributed by atoms with Gasteiger partial charge in [0, 0.05) is 5.92 Å². The zero-order valence-electron chi connectivity index (χ0n) is 10.4. The Kier molecular flexibility index (Phi) is 4.14. The van der Waals surface area contributed by atoms with Crippen molar-refractivity contribution in [2.75, 3.05) is 7.11 Å². The van der Waals surface area contributed by atoms with E-state index in [4.69, 9.17) is 4.74 Å². The Morgan fingerprint density at radius 3 is 2.68 bits per heavy atom. The lowest BCUT2D eigenvalue weighted by Gasteiger charge is -2.10. The van der Waals surface area contributed by atoms with Gasteiger partial charge in [0.15, 0.2) is 17.3 Å². The van der Waals surface area contributed by atoms with Gasteiger partial charge in [-0.2, -0.15) is 8.78 Å². The van der Waals surface area contributed by atoms with E-state index >= 15 is 0 Å². The minimum atomic E-state index is -2.90. The molecule has 1 saturated carbocycles. The molecular weight excluding hydrogens is 254 g/mol. The fourth-order valence-electron chi connectivity index (χ4n) is 1.66. The molecule has 1 aliphatic carbocycles. The molecule has 1 aliphatic rings. The molecule has 0 saturated heterocycles. The van der Waals surface area contributed by atoms with Crippen LogP contribution in [0.1, 0.15) is 18.4 Å². The highest BCUT2D eigenvalue weighted by molar-refractivity contribution is 5.96. The van der Waals surface area contributed by atoms with E-state index in [-0.39, 0.29) is 23.2 Å². The summed E-state index contributed by atoms with van der Waals surface area (Å²) >= 11 is 0. The normalized spacial score (nSPS) is 14.9. The van der Waals surface area contributed by atoms with Crippen molar-refractivity contribution in [1.82, 2.24) is 0 Å². The number of rotatable bonds is 6. The number of methoxy groups -OCH3 is 1. The predicted molar refractivity (Wildman–Crippen MR) is 66.4 cm³/mol. The van der Waals surface area contributed by atoms with Gasteiger partial charge in [-0.25, -0.2) is 0 Å². The molecule has 0 amide bonds. The van der Waals surface area contributed by atoms with Gasteiger partial charge < -0.3 is 9.47 Å². The lowest BCUT2D eigenvalue weighted by molar-refractivity contribution is -0.115. The molecule has 0 bridgehead atoms. The standard InChI is InChI=1S/C14H14F2O3/c1-18-13-8-9(2-6-11(17)10-4-5-10)3-7-12(13)19-14(15)16/h2-3,6-8,10,14H,4-5H2,1H3/b6-2+. The molecular formula is C14H14F2O3. The molecule has 0 radical (unpaired) electrons. The third kappa shape index (κ3) is 3.77. The van der Waals surface area contributed by atoms with E-state index < -0.39 is 6.61 Å². The van der Waals surface area contributed by atoms with Gasteiger partial charge in [-0.05, 0) is 36.6 Å². The van der Waals surface area contributed by atoms with Crippen molar-refractivity contribution in [2.24, 2.45) is 5.92 Å². The minimum Gasteiger partial charge on any atom is -0.493 e. The second-order valence-electron chi connectivity index (χ2n) is 4.30. The van der Waals surface area contributed by atoms with Gasteiger partial charge in [0.05, 0.1) is 7.11 Å². The van der Waals surface area contributed by atoms with Gasteiger partial charge in [-0.1, -0.05) is 12.1 Å². The summed E-state index contributed by atoms with van der Waals surface area (Å²) in [6.07, 6.45) is 5.07. The zero-order chi connectivity index (χ0) is 13.8. The predicted octanol–water partition coefficient (Wildman–Crippen LogP) is 3.29. The summed E-state index contributed by atoms with van der Waals surface area (Å²) in [6, 6.07) is 4.54. The highest BCUT2D eigenvalue weighted by Crippen LogP contribution is 2.32. The van der Waals surface area contributed by atoms with Crippen molar-refractivity contribution < 1.29 is 23.0 Å². The molecule has 0 aromatic heterocycles. The Hall–Kier alpha value is -1.91. The first-order chi connectivity index (χ1) is 9.10. The maximum Gasteiger partial charge on any atom is 0.387 e. The van der Waals surface area contributed by atoms with Gasteiger partial charge in [0.25, 0.3) is 0 Å². The monoisotopic (exact) mass is 268 g/mol. The molecule has 0 aliphatic heterocycles. The maximum atomic E-state index is 12.2. The molecule has 5 heteroatoms. The van der Waals surface area contributed by atoms with E-state index in [0.29, 0.717) is 5.56 Å². The number of hydrogen-bond acceptors (Lipinski definition) is 3. The third-order valence-corrected chi connectivity index (χ3v) is 2.82. The number of carbonyl (C=O) groups is 1. The van der Waals surface area contributed by atoms with E-state index in [1.807, 2.05) is 0 Å². The van der Waals surface area contributed by atoms with Crippen molar-refractivity contribution in [1.29, 1.82) is 0 Å². The summed E-state index contributed by atoms with van der Waals surface area (Å²) in [6.45, 7) is -2.90. The summed E-state index contributed by atoms with van der Waals surface area (Å²) < 4.78 is 33.6. The lowest BCUT2D eigenvalue weighted by atomic mass is 10.1. The van der Waals surface area contributed by atoms with Crippen LogP contribution in [0.5, 0.6) is 11.5 Å². The molecule has 1 aromatic carbocycles. The molecule has 3 nitrogen and oxygen atoms in total. The van der Waals surface area contributed by atoms with Gasteiger partial charge >= 0.3 is 6.61 Å². The Morgan fingerprint density at radius 1 is 1.37 bits per heavy atom. The third-order valence-electron chi connectivity index (χ3n) is 2.82. The number of allylic oxidation sites excluding steroid dienone is 1. The Balaban J connectivity index is 2.11. The fraction of sp³-hybridized carbons (Fsp3) is 0.357. The van der Waals surface area contributed by atoms with Crippen LogP contribution in [0.3, 0.4) is 0 Å².